The molecule has 5 heteroatoms. The van der Waals surface area contributed by atoms with Gasteiger partial charge in [-0.1, -0.05) is 17.7 Å². The van der Waals surface area contributed by atoms with E-state index in [9.17, 15) is 4.79 Å². The van der Waals surface area contributed by atoms with Gasteiger partial charge in [-0.2, -0.15) is 0 Å². The van der Waals surface area contributed by atoms with Crippen molar-refractivity contribution in [3.05, 3.63) is 49.3 Å². The van der Waals surface area contributed by atoms with Crippen LogP contribution in [0.15, 0.2) is 28.1 Å². The van der Waals surface area contributed by atoms with Gasteiger partial charge in [-0.15, -0.1) is 11.3 Å². The van der Waals surface area contributed by atoms with E-state index < -0.39 is 0 Å². The summed E-state index contributed by atoms with van der Waals surface area (Å²) < 4.78 is 0.736. The number of ketones is 1. The highest BCUT2D eigenvalue weighted by Crippen LogP contribution is 2.27. The molecule has 2 nitrogen and oxygen atoms in total. The third-order valence-electron chi connectivity index (χ3n) is 2.23. The molecule has 0 radical (unpaired) electrons. The molecule has 1 aromatic heterocycles. The average Bonchev–Trinajstić information content (AvgIpc) is 2.68. The Kier molecular flexibility index (Phi) is 3.97. The summed E-state index contributed by atoms with van der Waals surface area (Å²) in [4.78, 5) is 16.3. The fourth-order valence-electron chi connectivity index (χ4n) is 1.44. The first-order valence-electron chi connectivity index (χ1n) is 4.96. The second-order valence-corrected chi connectivity index (χ2v) is 5.76. The summed E-state index contributed by atoms with van der Waals surface area (Å²) in [5, 5.41) is 3.22. The van der Waals surface area contributed by atoms with E-state index in [1.54, 1.807) is 12.1 Å². The van der Waals surface area contributed by atoms with E-state index in [4.69, 9.17) is 11.6 Å². The van der Waals surface area contributed by atoms with Crippen LogP contribution in [-0.2, 0) is 6.42 Å². The van der Waals surface area contributed by atoms with Gasteiger partial charge in [0.15, 0.2) is 5.78 Å². The Morgan fingerprint density at radius 3 is 2.94 bits per heavy atom. The molecular formula is C12H9BrClNOS. The predicted molar refractivity (Wildman–Crippen MR) is 74.0 cm³/mol. The van der Waals surface area contributed by atoms with Crippen molar-refractivity contribution >= 4 is 44.7 Å². The number of Topliss-reactive ketones (excluding diaryl/α,β-unsaturated/α-hetero) is 1. The third-order valence-corrected chi connectivity index (χ3v) is 4.49. The van der Waals surface area contributed by atoms with Gasteiger partial charge in [0.2, 0.25) is 0 Å². The second-order valence-electron chi connectivity index (χ2n) is 3.58. The molecule has 0 aliphatic heterocycles. The van der Waals surface area contributed by atoms with E-state index in [1.165, 1.54) is 11.3 Å². The monoisotopic (exact) mass is 329 g/mol. The summed E-state index contributed by atoms with van der Waals surface area (Å²) in [6, 6.07) is 5.35. The lowest BCUT2D eigenvalue weighted by Crippen LogP contribution is -2.04. The van der Waals surface area contributed by atoms with Crippen LogP contribution in [0.4, 0.5) is 0 Å². The minimum atomic E-state index is -0.00866. The van der Waals surface area contributed by atoms with Gasteiger partial charge in [0.1, 0.15) is 5.01 Å². The van der Waals surface area contributed by atoms with Crippen molar-refractivity contribution < 1.29 is 4.79 Å². The Balaban J connectivity index is 2.23. The molecule has 2 aromatic rings. The molecule has 0 spiro atoms. The van der Waals surface area contributed by atoms with Crippen LogP contribution in [0.1, 0.15) is 21.1 Å². The number of halogens is 2. The first kappa shape index (κ1) is 12.7. The van der Waals surface area contributed by atoms with E-state index in [2.05, 4.69) is 20.9 Å². The molecule has 1 aromatic carbocycles. The van der Waals surface area contributed by atoms with Crippen LogP contribution in [0.2, 0.25) is 5.02 Å². The highest BCUT2D eigenvalue weighted by atomic mass is 79.9. The number of aromatic nitrogens is 1. The minimum Gasteiger partial charge on any atom is -0.294 e. The molecule has 0 amide bonds. The number of nitrogens with zero attached hydrogens (tertiary/aromatic N) is 1. The topological polar surface area (TPSA) is 30.0 Å². The van der Waals surface area contributed by atoms with E-state index in [0.717, 1.165) is 15.2 Å². The third kappa shape index (κ3) is 2.94. The van der Waals surface area contributed by atoms with Crippen LogP contribution < -0.4 is 0 Å². The Hall–Kier alpha value is -0.710. The van der Waals surface area contributed by atoms with Gasteiger partial charge < -0.3 is 0 Å². The van der Waals surface area contributed by atoms with Gasteiger partial charge in [0, 0.05) is 21.1 Å². The highest BCUT2D eigenvalue weighted by Gasteiger charge is 2.14. The lowest BCUT2D eigenvalue weighted by atomic mass is 10.1. The zero-order valence-electron chi connectivity index (χ0n) is 9.04. The number of aryl methyl sites for hydroxylation is 1. The number of thiazole rings is 1. The molecule has 0 bridgehead atoms. The molecular weight excluding hydrogens is 322 g/mol. The Labute approximate surface area is 117 Å². The van der Waals surface area contributed by atoms with Crippen molar-refractivity contribution in [2.75, 3.05) is 0 Å². The number of hydrogen-bond donors (Lipinski definition) is 0. The normalized spacial score (nSPS) is 10.5. The van der Waals surface area contributed by atoms with E-state index in [-0.39, 0.29) is 5.78 Å². The van der Waals surface area contributed by atoms with Gasteiger partial charge in [-0.05, 0) is 35.0 Å². The van der Waals surface area contributed by atoms with Gasteiger partial charge in [-0.3, -0.25) is 4.79 Å². The maximum Gasteiger partial charge on any atom is 0.171 e. The van der Waals surface area contributed by atoms with E-state index in [1.807, 2.05) is 18.4 Å². The van der Waals surface area contributed by atoms with Crippen LogP contribution in [0.3, 0.4) is 0 Å². The molecule has 88 valence electrons. The van der Waals surface area contributed by atoms with Crippen molar-refractivity contribution in [3.8, 4) is 0 Å². The van der Waals surface area contributed by atoms with E-state index >= 15 is 0 Å². The minimum absolute atomic E-state index is 0.00866. The lowest BCUT2D eigenvalue weighted by Gasteiger charge is -2.03. The molecule has 1 heterocycles. The number of benzene rings is 1. The number of carbonyl (C=O) groups is 1. The molecule has 0 aliphatic carbocycles. The highest BCUT2D eigenvalue weighted by molar-refractivity contribution is 9.10. The zero-order chi connectivity index (χ0) is 12.4. The first-order valence-corrected chi connectivity index (χ1v) is 7.01. The van der Waals surface area contributed by atoms with Crippen molar-refractivity contribution in [1.29, 1.82) is 0 Å². The van der Waals surface area contributed by atoms with Gasteiger partial charge in [-0.25, -0.2) is 4.98 Å². The summed E-state index contributed by atoms with van der Waals surface area (Å²) >= 11 is 10.9. The van der Waals surface area contributed by atoms with Crippen molar-refractivity contribution in [3.63, 3.8) is 0 Å². The molecule has 17 heavy (non-hydrogen) atoms. The smallest absolute Gasteiger partial charge is 0.171 e. The maximum atomic E-state index is 12.1. The molecule has 0 aliphatic rings. The van der Waals surface area contributed by atoms with Gasteiger partial charge >= 0.3 is 0 Å². The van der Waals surface area contributed by atoms with Crippen molar-refractivity contribution in [2.45, 2.75) is 13.3 Å². The molecule has 0 unspecified atom stereocenters. The standard InChI is InChI=1S/C12H9BrClNOS/c1-7-6-17-11(15-7)5-10(16)8-3-2-4-9(13)12(8)14/h2-4,6H,5H2,1H3. The molecule has 0 N–H and O–H groups in total. The van der Waals surface area contributed by atoms with Crippen molar-refractivity contribution in [1.82, 2.24) is 4.98 Å². The van der Waals surface area contributed by atoms with Crippen LogP contribution >= 0.6 is 38.9 Å². The number of hydrogen-bond acceptors (Lipinski definition) is 3. The van der Waals surface area contributed by atoms with Crippen LogP contribution in [0.25, 0.3) is 0 Å². The zero-order valence-corrected chi connectivity index (χ0v) is 12.2. The SMILES string of the molecule is Cc1csc(CC(=O)c2cccc(Br)c2Cl)n1. The predicted octanol–water partition coefficient (Wildman–Crippen LogP) is 4.29. The van der Waals surface area contributed by atoms with Crippen LogP contribution in [0.5, 0.6) is 0 Å². The Morgan fingerprint density at radius 1 is 1.53 bits per heavy atom. The van der Waals surface area contributed by atoms with Gasteiger partial charge in [0.25, 0.3) is 0 Å². The van der Waals surface area contributed by atoms with Crippen molar-refractivity contribution in [2.24, 2.45) is 0 Å². The first-order chi connectivity index (χ1) is 8.08. The molecule has 0 saturated heterocycles. The molecule has 0 fully saturated rings. The summed E-state index contributed by atoms with van der Waals surface area (Å²) in [5.74, 6) is -0.00866. The Morgan fingerprint density at radius 2 is 2.29 bits per heavy atom. The molecule has 0 atom stereocenters. The fraction of sp³-hybridized carbons (Fsp3) is 0.167. The molecule has 0 saturated carbocycles. The van der Waals surface area contributed by atoms with Gasteiger partial charge in [0.05, 0.1) is 11.4 Å². The summed E-state index contributed by atoms with van der Waals surface area (Å²) in [6.07, 6.45) is 0.300. The van der Waals surface area contributed by atoms with Crippen LogP contribution in [0, 0.1) is 6.92 Å². The quantitative estimate of drug-likeness (QED) is 0.786. The summed E-state index contributed by atoms with van der Waals surface area (Å²) in [5.41, 5.74) is 1.48. The number of carbonyl (C=O) groups excluding carboxylic acids is 1. The molecule has 2 rings (SSSR count). The fourth-order valence-corrected chi connectivity index (χ4v) is 2.80. The van der Waals surface area contributed by atoms with E-state index in [0.29, 0.717) is 17.0 Å². The second kappa shape index (κ2) is 5.29. The summed E-state index contributed by atoms with van der Waals surface area (Å²) in [6.45, 7) is 1.91. The number of rotatable bonds is 3. The van der Waals surface area contributed by atoms with Crippen LogP contribution in [-0.4, -0.2) is 10.8 Å². The lowest BCUT2D eigenvalue weighted by molar-refractivity contribution is 0.0993. The Bertz CT molecular complexity index is 567. The maximum absolute atomic E-state index is 12.1. The average molecular weight is 331 g/mol. The summed E-state index contributed by atoms with van der Waals surface area (Å²) in [7, 11) is 0. The largest absolute Gasteiger partial charge is 0.294 e.